The van der Waals surface area contributed by atoms with E-state index in [0.29, 0.717) is 17.1 Å². The largest absolute Gasteiger partial charge is 0.417 e. The Morgan fingerprint density at radius 1 is 1.11 bits per heavy atom. The van der Waals surface area contributed by atoms with E-state index in [1.54, 1.807) is 28.8 Å². The second kappa shape index (κ2) is 6.09. The molecule has 0 N–H and O–H groups in total. The Hall–Kier alpha value is -2.87. The first kappa shape index (κ1) is 17.5. The molecule has 0 spiro atoms. The van der Waals surface area contributed by atoms with Crippen molar-refractivity contribution in [2.75, 3.05) is 4.90 Å². The highest BCUT2D eigenvalue weighted by Gasteiger charge is 2.42. The van der Waals surface area contributed by atoms with Gasteiger partial charge >= 0.3 is 6.18 Å². The normalized spacial score (nSPS) is 17.9. The molecule has 1 fully saturated rings. The second-order valence-electron chi connectivity index (χ2n) is 6.09. The van der Waals surface area contributed by atoms with Crippen LogP contribution in [-0.2, 0) is 15.8 Å². The van der Waals surface area contributed by atoms with Gasteiger partial charge in [-0.3, -0.25) is 9.59 Å². The Morgan fingerprint density at radius 3 is 2.59 bits per heavy atom. The molecule has 0 radical (unpaired) electrons. The number of imide groups is 1. The van der Waals surface area contributed by atoms with Gasteiger partial charge in [0, 0.05) is 0 Å². The van der Waals surface area contributed by atoms with Crippen molar-refractivity contribution in [3.8, 4) is 0 Å². The summed E-state index contributed by atoms with van der Waals surface area (Å²) >= 11 is 5.61. The molecule has 9 heteroatoms. The van der Waals surface area contributed by atoms with Crippen molar-refractivity contribution in [1.82, 2.24) is 9.55 Å². The van der Waals surface area contributed by atoms with Gasteiger partial charge in [-0.1, -0.05) is 23.7 Å². The molecule has 1 aliphatic rings. The minimum atomic E-state index is -4.70. The number of para-hydroxylation sites is 2. The fourth-order valence-electron chi connectivity index (χ4n) is 3.20. The second-order valence-corrected chi connectivity index (χ2v) is 6.50. The Kier molecular flexibility index (Phi) is 3.96. The molecule has 1 atom stereocenters. The van der Waals surface area contributed by atoms with E-state index < -0.39 is 34.6 Å². The number of amides is 2. The monoisotopic (exact) mass is 393 g/mol. The van der Waals surface area contributed by atoms with Gasteiger partial charge in [0.15, 0.2) is 0 Å². The standard InChI is InChI=1S/C18H11ClF3N3O2/c19-12-6-5-10(7-11(12)18(20,21)22)25-16(26)8-15(17(25)27)24-9-23-13-3-1-2-4-14(13)24/h1-7,9,15H,8H2. The molecular weight excluding hydrogens is 383 g/mol. The zero-order valence-electron chi connectivity index (χ0n) is 13.6. The molecule has 1 unspecified atom stereocenters. The third-order valence-electron chi connectivity index (χ3n) is 4.45. The average molecular weight is 394 g/mol. The number of alkyl halides is 3. The smallest absolute Gasteiger partial charge is 0.317 e. The topological polar surface area (TPSA) is 55.2 Å². The van der Waals surface area contributed by atoms with E-state index in [4.69, 9.17) is 11.6 Å². The lowest BCUT2D eigenvalue weighted by Gasteiger charge is -2.18. The summed E-state index contributed by atoms with van der Waals surface area (Å²) in [6, 6.07) is 9.19. The van der Waals surface area contributed by atoms with Crippen molar-refractivity contribution in [3.63, 3.8) is 0 Å². The number of benzene rings is 2. The Balaban J connectivity index is 1.74. The van der Waals surface area contributed by atoms with Crippen molar-refractivity contribution < 1.29 is 22.8 Å². The quantitative estimate of drug-likeness (QED) is 0.613. The highest BCUT2D eigenvalue weighted by Crippen LogP contribution is 2.39. The van der Waals surface area contributed by atoms with Crippen LogP contribution in [0, 0.1) is 0 Å². The number of halogens is 4. The molecule has 4 rings (SSSR count). The molecule has 2 heterocycles. The number of rotatable bonds is 2. The molecule has 0 saturated carbocycles. The predicted molar refractivity (Wildman–Crippen MR) is 92.3 cm³/mol. The van der Waals surface area contributed by atoms with Crippen LogP contribution in [0.25, 0.3) is 11.0 Å². The van der Waals surface area contributed by atoms with E-state index in [1.807, 2.05) is 0 Å². The molecule has 2 amide bonds. The van der Waals surface area contributed by atoms with E-state index in [-0.39, 0.29) is 12.1 Å². The maximum absolute atomic E-state index is 13.1. The lowest BCUT2D eigenvalue weighted by Crippen LogP contribution is -2.31. The fourth-order valence-corrected chi connectivity index (χ4v) is 3.43. The molecule has 1 saturated heterocycles. The van der Waals surface area contributed by atoms with E-state index in [9.17, 15) is 22.8 Å². The number of nitrogens with zero attached hydrogens (tertiary/aromatic N) is 3. The molecule has 0 bridgehead atoms. The Labute approximate surface area is 156 Å². The van der Waals surface area contributed by atoms with Gasteiger partial charge in [-0.25, -0.2) is 9.88 Å². The number of hydrogen-bond donors (Lipinski definition) is 0. The molecule has 3 aromatic rings. The number of anilines is 1. The SMILES string of the molecule is O=C1CC(n2cnc3ccccc32)C(=O)N1c1ccc(Cl)c(C(F)(F)F)c1. The first-order valence-electron chi connectivity index (χ1n) is 7.92. The maximum Gasteiger partial charge on any atom is 0.417 e. The first-order chi connectivity index (χ1) is 12.8. The van der Waals surface area contributed by atoms with Crippen molar-refractivity contribution in [1.29, 1.82) is 0 Å². The lowest BCUT2D eigenvalue weighted by molar-refractivity contribution is -0.137. The molecule has 2 aromatic carbocycles. The van der Waals surface area contributed by atoms with Crippen molar-refractivity contribution >= 4 is 40.1 Å². The Bertz CT molecular complexity index is 1080. The minimum Gasteiger partial charge on any atom is -0.317 e. The van der Waals surface area contributed by atoms with E-state index in [0.717, 1.165) is 11.0 Å². The van der Waals surface area contributed by atoms with Crippen LogP contribution in [-0.4, -0.2) is 21.4 Å². The van der Waals surface area contributed by atoms with Gasteiger partial charge in [0.25, 0.3) is 5.91 Å². The van der Waals surface area contributed by atoms with Gasteiger partial charge in [0.05, 0.1) is 40.1 Å². The van der Waals surface area contributed by atoms with Crippen molar-refractivity contribution in [2.24, 2.45) is 0 Å². The number of carbonyl (C=O) groups excluding carboxylic acids is 2. The minimum absolute atomic E-state index is 0.159. The molecule has 138 valence electrons. The van der Waals surface area contributed by atoms with E-state index in [1.165, 1.54) is 12.4 Å². The summed E-state index contributed by atoms with van der Waals surface area (Å²) in [4.78, 5) is 30.2. The predicted octanol–water partition coefficient (Wildman–Crippen LogP) is 4.21. The van der Waals surface area contributed by atoms with Crippen LogP contribution >= 0.6 is 11.6 Å². The summed E-state index contributed by atoms with van der Waals surface area (Å²) in [6.45, 7) is 0. The number of fused-ring (bicyclic) bond motifs is 1. The lowest BCUT2D eigenvalue weighted by atomic mass is 10.2. The zero-order chi connectivity index (χ0) is 19.3. The summed E-state index contributed by atoms with van der Waals surface area (Å²) in [6.07, 6.45) is -3.41. The van der Waals surface area contributed by atoms with Crippen LogP contribution < -0.4 is 4.90 Å². The van der Waals surface area contributed by atoms with Crippen LogP contribution in [0.5, 0.6) is 0 Å². The van der Waals surface area contributed by atoms with Crippen molar-refractivity contribution in [2.45, 2.75) is 18.6 Å². The maximum atomic E-state index is 13.1. The molecule has 0 aliphatic carbocycles. The van der Waals surface area contributed by atoms with E-state index in [2.05, 4.69) is 4.98 Å². The fraction of sp³-hybridized carbons (Fsp3) is 0.167. The van der Waals surface area contributed by atoms with Gasteiger partial charge in [0.2, 0.25) is 5.91 Å². The van der Waals surface area contributed by atoms with Gasteiger partial charge in [0.1, 0.15) is 6.04 Å². The molecule has 5 nitrogen and oxygen atoms in total. The summed E-state index contributed by atoms with van der Waals surface area (Å²) in [7, 11) is 0. The average Bonchev–Trinajstić information content (AvgIpc) is 3.15. The number of aromatic nitrogens is 2. The van der Waals surface area contributed by atoms with Crippen LogP contribution in [0.2, 0.25) is 5.02 Å². The van der Waals surface area contributed by atoms with E-state index >= 15 is 0 Å². The molecular formula is C18H11ClF3N3O2. The summed E-state index contributed by atoms with van der Waals surface area (Å²) in [5.41, 5.74) is 0.0621. The van der Waals surface area contributed by atoms with Crippen LogP contribution in [0.1, 0.15) is 18.0 Å². The van der Waals surface area contributed by atoms with Gasteiger partial charge < -0.3 is 4.57 Å². The molecule has 27 heavy (non-hydrogen) atoms. The van der Waals surface area contributed by atoms with Gasteiger partial charge in [-0.05, 0) is 30.3 Å². The highest BCUT2D eigenvalue weighted by molar-refractivity contribution is 6.31. The molecule has 1 aromatic heterocycles. The van der Waals surface area contributed by atoms with Gasteiger partial charge in [-0.15, -0.1) is 0 Å². The zero-order valence-corrected chi connectivity index (χ0v) is 14.3. The number of hydrogen-bond acceptors (Lipinski definition) is 3. The Morgan fingerprint density at radius 2 is 1.85 bits per heavy atom. The summed E-state index contributed by atoms with van der Waals surface area (Å²) < 4.78 is 40.9. The number of imidazole rings is 1. The van der Waals surface area contributed by atoms with Crippen LogP contribution in [0.4, 0.5) is 18.9 Å². The van der Waals surface area contributed by atoms with Crippen LogP contribution in [0.3, 0.4) is 0 Å². The number of carbonyl (C=O) groups is 2. The summed E-state index contributed by atoms with van der Waals surface area (Å²) in [5, 5.41) is -0.498. The third kappa shape index (κ3) is 2.86. The summed E-state index contributed by atoms with van der Waals surface area (Å²) in [5.74, 6) is -1.20. The van der Waals surface area contributed by atoms with Crippen LogP contribution in [0.15, 0.2) is 48.8 Å². The third-order valence-corrected chi connectivity index (χ3v) is 4.78. The molecule has 1 aliphatic heterocycles. The first-order valence-corrected chi connectivity index (χ1v) is 8.30. The van der Waals surface area contributed by atoms with Gasteiger partial charge in [-0.2, -0.15) is 13.2 Å². The van der Waals surface area contributed by atoms with Crippen molar-refractivity contribution in [3.05, 3.63) is 59.4 Å². The highest BCUT2D eigenvalue weighted by atomic mass is 35.5.